The second kappa shape index (κ2) is 4.78. The van der Waals surface area contributed by atoms with Gasteiger partial charge >= 0.3 is 0 Å². The normalized spacial score (nSPS) is 22.5. The highest BCUT2D eigenvalue weighted by Gasteiger charge is 2.34. The standard InChI is InChI=1S/C15H17NO3/c1-10-4-2-5-11-12(17)7-8-16(14(10)11)15(18)13-6-3-9-19-13/h2,4-5,13H,3,6-9H2,1H3. The number of ketones is 1. The van der Waals surface area contributed by atoms with Gasteiger partial charge in [0.25, 0.3) is 5.91 Å². The molecule has 0 aromatic heterocycles. The lowest BCUT2D eigenvalue weighted by atomic mass is 9.96. The van der Waals surface area contributed by atoms with E-state index in [1.165, 1.54) is 0 Å². The summed E-state index contributed by atoms with van der Waals surface area (Å²) in [6, 6.07) is 5.61. The number of carbonyl (C=O) groups is 2. The second-order valence-electron chi connectivity index (χ2n) is 5.14. The smallest absolute Gasteiger partial charge is 0.256 e. The third-order valence-electron chi connectivity index (χ3n) is 3.84. The Hall–Kier alpha value is -1.68. The van der Waals surface area contributed by atoms with Crippen molar-refractivity contribution in [2.24, 2.45) is 0 Å². The van der Waals surface area contributed by atoms with Crippen molar-refractivity contribution in [3.63, 3.8) is 0 Å². The van der Waals surface area contributed by atoms with Gasteiger partial charge in [-0.3, -0.25) is 9.59 Å². The monoisotopic (exact) mass is 259 g/mol. The van der Waals surface area contributed by atoms with E-state index in [1.807, 2.05) is 19.1 Å². The number of para-hydroxylation sites is 1. The summed E-state index contributed by atoms with van der Waals surface area (Å²) in [5.74, 6) is 0.121. The number of aryl methyl sites for hydroxylation is 1. The first kappa shape index (κ1) is 12.4. The Morgan fingerprint density at radius 3 is 3.00 bits per heavy atom. The summed E-state index contributed by atoms with van der Waals surface area (Å²) in [6.07, 6.45) is 1.78. The zero-order valence-corrected chi connectivity index (χ0v) is 11.0. The van der Waals surface area contributed by atoms with Crippen LogP contribution < -0.4 is 4.90 Å². The first-order valence-corrected chi connectivity index (χ1v) is 6.74. The summed E-state index contributed by atoms with van der Waals surface area (Å²) in [5, 5.41) is 0. The molecule has 1 atom stereocenters. The number of Topliss-reactive ketones (excluding diaryl/α,β-unsaturated/α-hetero) is 1. The molecule has 1 aromatic carbocycles. The molecule has 19 heavy (non-hydrogen) atoms. The van der Waals surface area contributed by atoms with Crippen molar-refractivity contribution in [2.75, 3.05) is 18.1 Å². The van der Waals surface area contributed by atoms with E-state index >= 15 is 0 Å². The predicted octanol–water partition coefficient (Wildman–Crippen LogP) is 2.09. The minimum Gasteiger partial charge on any atom is -0.368 e. The molecule has 0 saturated carbocycles. The summed E-state index contributed by atoms with van der Waals surface area (Å²) in [6.45, 7) is 3.06. The molecule has 4 heteroatoms. The Morgan fingerprint density at radius 2 is 2.26 bits per heavy atom. The molecule has 0 aliphatic carbocycles. The van der Waals surface area contributed by atoms with Crippen molar-refractivity contribution in [3.05, 3.63) is 29.3 Å². The number of amides is 1. The molecule has 2 aliphatic heterocycles. The Bertz CT molecular complexity index is 532. The summed E-state index contributed by atoms with van der Waals surface area (Å²) in [7, 11) is 0. The van der Waals surface area contributed by atoms with Gasteiger partial charge in [0.05, 0.1) is 5.69 Å². The number of carbonyl (C=O) groups excluding carboxylic acids is 2. The van der Waals surface area contributed by atoms with Gasteiger partial charge in [-0.05, 0) is 31.4 Å². The molecule has 1 unspecified atom stereocenters. The second-order valence-corrected chi connectivity index (χ2v) is 5.14. The predicted molar refractivity (Wildman–Crippen MR) is 71.5 cm³/mol. The molecular weight excluding hydrogens is 242 g/mol. The van der Waals surface area contributed by atoms with Crippen LogP contribution in [0.2, 0.25) is 0 Å². The maximum Gasteiger partial charge on any atom is 0.256 e. The number of hydrogen-bond donors (Lipinski definition) is 0. The molecule has 0 bridgehead atoms. The topological polar surface area (TPSA) is 46.6 Å². The van der Waals surface area contributed by atoms with Crippen LogP contribution in [0.4, 0.5) is 5.69 Å². The van der Waals surface area contributed by atoms with E-state index < -0.39 is 0 Å². The molecule has 1 amide bonds. The quantitative estimate of drug-likeness (QED) is 0.776. The zero-order valence-electron chi connectivity index (χ0n) is 11.0. The van der Waals surface area contributed by atoms with Gasteiger partial charge in [0.15, 0.2) is 5.78 Å². The summed E-state index contributed by atoms with van der Waals surface area (Å²) < 4.78 is 5.47. The summed E-state index contributed by atoms with van der Waals surface area (Å²) in [5.41, 5.74) is 2.41. The first-order valence-electron chi connectivity index (χ1n) is 6.74. The van der Waals surface area contributed by atoms with Gasteiger partial charge in [0.2, 0.25) is 0 Å². The Labute approximate surface area is 112 Å². The van der Waals surface area contributed by atoms with Crippen molar-refractivity contribution in [1.82, 2.24) is 0 Å². The Balaban J connectivity index is 1.98. The van der Waals surface area contributed by atoms with Crippen molar-refractivity contribution in [2.45, 2.75) is 32.3 Å². The van der Waals surface area contributed by atoms with Crippen molar-refractivity contribution < 1.29 is 14.3 Å². The van der Waals surface area contributed by atoms with Crippen LogP contribution in [0.3, 0.4) is 0 Å². The highest BCUT2D eigenvalue weighted by molar-refractivity contribution is 6.10. The number of anilines is 1. The van der Waals surface area contributed by atoms with Crippen LogP contribution >= 0.6 is 0 Å². The van der Waals surface area contributed by atoms with Crippen molar-refractivity contribution in [1.29, 1.82) is 0 Å². The van der Waals surface area contributed by atoms with E-state index in [-0.39, 0.29) is 17.8 Å². The number of rotatable bonds is 1. The molecule has 100 valence electrons. The minimum atomic E-state index is -0.333. The van der Waals surface area contributed by atoms with E-state index in [4.69, 9.17) is 4.74 Å². The fourth-order valence-electron chi connectivity index (χ4n) is 2.87. The lowest BCUT2D eigenvalue weighted by molar-refractivity contribution is -0.127. The van der Waals surface area contributed by atoms with Crippen LogP contribution in [-0.4, -0.2) is 30.9 Å². The molecule has 1 fully saturated rings. The molecular formula is C15H17NO3. The lowest BCUT2D eigenvalue weighted by Crippen LogP contribution is -2.43. The van der Waals surface area contributed by atoms with Crippen molar-refractivity contribution >= 4 is 17.4 Å². The van der Waals surface area contributed by atoms with E-state index in [2.05, 4.69) is 0 Å². The third-order valence-corrected chi connectivity index (χ3v) is 3.84. The molecule has 2 aliphatic rings. The van der Waals surface area contributed by atoms with Gasteiger partial charge in [-0.25, -0.2) is 0 Å². The SMILES string of the molecule is Cc1cccc2c1N(C(=O)C1CCCO1)CCC2=O. The molecule has 4 nitrogen and oxygen atoms in total. The lowest BCUT2D eigenvalue weighted by Gasteiger charge is -2.31. The molecule has 0 spiro atoms. The first-order chi connectivity index (χ1) is 9.18. The van der Waals surface area contributed by atoms with Gasteiger partial charge in [-0.1, -0.05) is 12.1 Å². The zero-order chi connectivity index (χ0) is 13.4. The van der Waals surface area contributed by atoms with Crippen LogP contribution in [-0.2, 0) is 9.53 Å². The molecule has 1 aromatic rings. The maximum atomic E-state index is 12.5. The largest absolute Gasteiger partial charge is 0.368 e. The number of nitrogens with zero attached hydrogens (tertiary/aromatic N) is 1. The Kier molecular flexibility index (Phi) is 3.11. The van der Waals surface area contributed by atoms with E-state index in [0.29, 0.717) is 25.1 Å². The molecule has 0 radical (unpaired) electrons. The van der Waals surface area contributed by atoms with Gasteiger partial charge in [-0.15, -0.1) is 0 Å². The third kappa shape index (κ3) is 2.06. The van der Waals surface area contributed by atoms with Crippen LogP contribution in [0.25, 0.3) is 0 Å². The fourth-order valence-corrected chi connectivity index (χ4v) is 2.87. The average molecular weight is 259 g/mol. The number of hydrogen-bond acceptors (Lipinski definition) is 3. The summed E-state index contributed by atoms with van der Waals surface area (Å²) in [4.78, 5) is 26.2. The Morgan fingerprint density at radius 1 is 1.42 bits per heavy atom. The minimum absolute atomic E-state index is 0.000509. The number of benzene rings is 1. The number of fused-ring (bicyclic) bond motifs is 1. The highest BCUT2D eigenvalue weighted by atomic mass is 16.5. The van der Waals surface area contributed by atoms with Gasteiger partial charge in [-0.2, -0.15) is 0 Å². The molecule has 3 rings (SSSR count). The fraction of sp³-hybridized carbons (Fsp3) is 0.467. The van der Waals surface area contributed by atoms with Gasteiger partial charge in [0.1, 0.15) is 6.10 Å². The number of ether oxygens (including phenoxy) is 1. The van der Waals surface area contributed by atoms with Gasteiger partial charge < -0.3 is 9.64 Å². The van der Waals surface area contributed by atoms with E-state index in [0.717, 1.165) is 24.1 Å². The molecule has 0 N–H and O–H groups in total. The van der Waals surface area contributed by atoms with Crippen LogP contribution in [0.1, 0.15) is 35.2 Å². The van der Waals surface area contributed by atoms with Crippen molar-refractivity contribution in [3.8, 4) is 0 Å². The maximum absolute atomic E-state index is 12.5. The van der Waals surface area contributed by atoms with Crippen LogP contribution in [0, 0.1) is 6.92 Å². The molecule has 1 saturated heterocycles. The van der Waals surface area contributed by atoms with Crippen LogP contribution in [0.15, 0.2) is 18.2 Å². The van der Waals surface area contributed by atoms with Crippen LogP contribution in [0.5, 0.6) is 0 Å². The average Bonchev–Trinajstić information content (AvgIpc) is 2.93. The van der Waals surface area contributed by atoms with E-state index in [1.54, 1.807) is 11.0 Å². The molecule has 2 heterocycles. The summed E-state index contributed by atoms with van der Waals surface area (Å²) >= 11 is 0. The highest BCUT2D eigenvalue weighted by Crippen LogP contribution is 2.32. The van der Waals surface area contributed by atoms with Gasteiger partial charge in [0, 0.05) is 25.1 Å². The van der Waals surface area contributed by atoms with E-state index in [9.17, 15) is 9.59 Å².